The van der Waals surface area contributed by atoms with E-state index in [9.17, 15) is 18.3 Å². The van der Waals surface area contributed by atoms with Gasteiger partial charge in [-0.25, -0.2) is 0 Å². The number of fused-ring (bicyclic) bond motifs is 1. The van der Waals surface area contributed by atoms with Crippen molar-refractivity contribution in [1.82, 2.24) is 4.90 Å². The molecule has 1 aliphatic rings. The minimum absolute atomic E-state index is 0.126. The summed E-state index contributed by atoms with van der Waals surface area (Å²) >= 11 is 0. The van der Waals surface area contributed by atoms with Crippen LogP contribution in [-0.2, 0) is 19.1 Å². The van der Waals surface area contributed by atoms with Gasteiger partial charge in [0.25, 0.3) is 0 Å². The first-order chi connectivity index (χ1) is 12.9. The third kappa shape index (κ3) is 4.79. The van der Waals surface area contributed by atoms with E-state index in [-0.39, 0.29) is 12.2 Å². The Balaban J connectivity index is 1.57. The second-order valence-electron chi connectivity index (χ2n) is 6.66. The number of aliphatic hydroxyl groups is 1. The summed E-state index contributed by atoms with van der Waals surface area (Å²) in [5, 5.41) is 21.9. The van der Waals surface area contributed by atoms with E-state index in [4.69, 9.17) is 5.26 Å². The van der Waals surface area contributed by atoms with Crippen LogP contribution in [0, 0.1) is 11.3 Å². The number of halogens is 3. The maximum Gasteiger partial charge on any atom is 0.417 e. The first-order valence-electron chi connectivity index (χ1n) is 8.69. The molecule has 27 heavy (non-hydrogen) atoms. The Bertz CT molecular complexity index is 845. The fourth-order valence-corrected chi connectivity index (χ4v) is 3.29. The van der Waals surface area contributed by atoms with Gasteiger partial charge in [0.1, 0.15) is 0 Å². The summed E-state index contributed by atoms with van der Waals surface area (Å²) in [6.45, 7) is 2.15. The fraction of sp³-hybridized carbons (Fsp3) is 0.350. The number of hydrogen-bond donors (Lipinski definition) is 2. The Morgan fingerprint density at radius 3 is 2.63 bits per heavy atom. The molecule has 1 aliphatic heterocycles. The lowest BCUT2D eigenvalue weighted by Gasteiger charge is -2.30. The maximum absolute atomic E-state index is 13.0. The lowest BCUT2D eigenvalue weighted by molar-refractivity contribution is -0.137. The molecule has 1 heterocycles. The van der Waals surface area contributed by atoms with Gasteiger partial charge >= 0.3 is 6.18 Å². The van der Waals surface area contributed by atoms with Crippen LogP contribution in [0.25, 0.3) is 0 Å². The average molecular weight is 375 g/mol. The predicted molar refractivity (Wildman–Crippen MR) is 96.1 cm³/mol. The third-order valence-corrected chi connectivity index (χ3v) is 4.67. The number of nitrogens with zero attached hydrogens (tertiary/aromatic N) is 2. The van der Waals surface area contributed by atoms with Crippen LogP contribution in [0.4, 0.5) is 18.9 Å². The Labute approximate surface area is 155 Å². The largest absolute Gasteiger partial charge is 0.417 e. The summed E-state index contributed by atoms with van der Waals surface area (Å²) in [5.74, 6) is 0. The molecule has 2 aromatic rings. The van der Waals surface area contributed by atoms with E-state index in [2.05, 4.69) is 22.3 Å². The van der Waals surface area contributed by atoms with Crippen molar-refractivity contribution in [3.63, 3.8) is 0 Å². The zero-order valence-corrected chi connectivity index (χ0v) is 14.6. The van der Waals surface area contributed by atoms with Crippen LogP contribution >= 0.6 is 0 Å². The number of nitriles is 1. The number of aliphatic hydroxyl groups excluding tert-OH is 1. The summed E-state index contributed by atoms with van der Waals surface area (Å²) < 4.78 is 39.0. The van der Waals surface area contributed by atoms with Gasteiger partial charge in [0.05, 0.1) is 23.3 Å². The molecule has 7 heteroatoms. The molecule has 0 saturated heterocycles. The minimum Gasteiger partial charge on any atom is -0.390 e. The number of nitrogens with one attached hydrogen (secondary N) is 1. The van der Waals surface area contributed by atoms with Crippen molar-refractivity contribution >= 4 is 5.69 Å². The van der Waals surface area contributed by atoms with Gasteiger partial charge in [0.2, 0.25) is 0 Å². The smallest absolute Gasteiger partial charge is 0.390 e. The number of benzene rings is 2. The highest BCUT2D eigenvalue weighted by molar-refractivity contribution is 5.53. The molecule has 0 aromatic heterocycles. The quantitative estimate of drug-likeness (QED) is 0.841. The molecule has 0 radical (unpaired) electrons. The van der Waals surface area contributed by atoms with Crippen LogP contribution in [0.1, 0.15) is 22.3 Å². The number of anilines is 1. The van der Waals surface area contributed by atoms with Crippen molar-refractivity contribution in [3.8, 4) is 6.07 Å². The molecular formula is C20H20F3N3O. The zero-order chi connectivity index (χ0) is 19.4. The van der Waals surface area contributed by atoms with Gasteiger partial charge in [0.15, 0.2) is 0 Å². The van der Waals surface area contributed by atoms with Gasteiger partial charge in [-0.3, -0.25) is 4.90 Å². The van der Waals surface area contributed by atoms with Gasteiger partial charge in [0, 0.05) is 31.9 Å². The van der Waals surface area contributed by atoms with Crippen LogP contribution in [0.5, 0.6) is 0 Å². The Kier molecular flexibility index (Phi) is 5.68. The van der Waals surface area contributed by atoms with Crippen molar-refractivity contribution < 1.29 is 18.3 Å². The highest BCUT2D eigenvalue weighted by Gasteiger charge is 2.33. The van der Waals surface area contributed by atoms with Gasteiger partial charge in [-0.1, -0.05) is 24.3 Å². The molecule has 0 bridgehead atoms. The molecule has 2 N–H and O–H groups in total. The van der Waals surface area contributed by atoms with Crippen LogP contribution in [-0.4, -0.2) is 35.7 Å². The third-order valence-electron chi connectivity index (χ3n) is 4.67. The van der Waals surface area contributed by atoms with Crippen LogP contribution in [0.2, 0.25) is 0 Å². The maximum atomic E-state index is 13.0. The van der Waals surface area contributed by atoms with Gasteiger partial charge in [-0.15, -0.1) is 0 Å². The normalized spacial score (nSPS) is 15.7. The van der Waals surface area contributed by atoms with Crippen molar-refractivity contribution in [2.24, 2.45) is 0 Å². The van der Waals surface area contributed by atoms with E-state index in [0.29, 0.717) is 6.54 Å². The molecule has 1 unspecified atom stereocenters. The molecule has 3 rings (SSSR count). The summed E-state index contributed by atoms with van der Waals surface area (Å²) in [5.41, 5.74) is 1.39. The van der Waals surface area contributed by atoms with Crippen LogP contribution in [0.3, 0.4) is 0 Å². The number of alkyl halides is 3. The van der Waals surface area contributed by atoms with E-state index in [0.717, 1.165) is 31.6 Å². The van der Waals surface area contributed by atoms with Crippen LogP contribution in [0.15, 0.2) is 42.5 Å². The summed E-state index contributed by atoms with van der Waals surface area (Å²) in [4.78, 5) is 2.13. The van der Waals surface area contributed by atoms with Gasteiger partial charge in [-0.05, 0) is 35.7 Å². The van der Waals surface area contributed by atoms with E-state index >= 15 is 0 Å². The predicted octanol–water partition coefficient (Wildman–Crippen LogP) is 3.41. The fourth-order valence-electron chi connectivity index (χ4n) is 3.29. The molecule has 0 spiro atoms. The topological polar surface area (TPSA) is 59.3 Å². The highest BCUT2D eigenvalue weighted by atomic mass is 19.4. The van der Waals surface area contributed by atoms with E-state index < -0.39 is 23.4 Å². The SMILES string of the molecule is N#Cc1ccc(NCC(O)CN2CCc3ccccc3C2)cc1C(F)(F)F. The van der Waals surface area contributed by atoms with Crippen molar-refractivity contribution in [2.75, 3.05) is 25.0 Å². The average Bonchev–Trinajstić information content (AvgIpc) is 2.65. The van der Waals surface area contributed by atoms with E-state index in [1.807, 2.05) is 12.1 Å². The molecule has 0 saturated carbocycles. The number of β-amino-alcohol motifs (C(OH)–C–C–N with tert-alkyl or cyclic N) is 1. The first-order valence-corrected chi connectivity index (χ1v) is 8.69. The Morgan fingerprint density at radius 2 is 1.93 bits per heavy atom. The van der Waals surface area contributed by atoms with Crippen molar-refractivity contribution in [2.45, 2.75) is 25.2 Å². The molecule has 2 aromatic carbocycles. The highest BCUT2D eigenvalue weighted by Crippen LogP contribution is 2.33. The minimum atomic E-state index is -4.59. The molecule has 0 amide bonds. The Morgan fingerprint density at radius 1 is 1.19 bits per heavy atom. The lowest BCUT2D eigenvalue weighted by atomic mass is 10.00. The number of rotatable bonds is 5. The molecule has 4 nitrogen and oxygen atoms in total. The first kappa shape index (κ1) is 19.2. The monoisotopic (exact) mass is 375 g/mol. The van der Waals surface area contributed by atoms with Crippen molar-refractivity contribution in [1.29, 1.82) is 5.26 Å². The van der Waals surface area contributed by atoms with Crippen LogP contribution < -0.4 is 5.32 Å². The molecule has 0 aliphatic carbocycles. The molecular weight excluding hydrogens is 355 g/mol. The lowest BCUT2D eigenvalue weighted by Crippen LogP contribution is -2.39. The molecule has 1 atom stereocenters. The molecule has 142 valence electrons. The van der Waals surface area contributed by atoms with Gasteiger partial charge in [-0.2, -0.15) is 18.4 Å². The zero-order valence-electron chi connectivity index (χ0n) is 14.6. The summed E-state index contributed by atoms with van der Waals surface area (Å²) in [6.07, 6.45) is -4.40. The Hall–Kier alpha value is -2.56. The second kappa shape index (κ2) is 7.99. The number of hydrogen-bond acceptors (Lipinski definition) is 4. The van der Waals surface area contributed by atoms with Crippen molar-refractivity contribution in [3.05, 3.63) is 64.7 Å². The summed E-state index contributed by atoms with van der Waals surface area (Å²) in [6, 6.07) is 13.2. The van der Waals surface area contributed by atoms with E-state index in [1.165, 1.54) is 17.2 Å². The van der Waals surface area contributed by atoms with Gasteiger partial charge < -0.3 is 10.4 Å². The summed E-state index contributed by atoms with van der Waals surface area (Å²) in [7, 11) is 0. The molecule has 0 fully saturated rings. The van der Waals surface area contributed by atoms with E-state index in [1.54, 1.807) is 6.07 Å². The standard InChI is InChI=1S/C20H20F3N3O/c21-20(22,23)19-9-17(6-5-15(19)10-24)25-11-18(27)13-26-8-7-14-3-1-2-4-16(14)12-26/h1-6,9,18,25,27H,7-8,11-13H2. The second-order valence-corrected chi connectivity index (χ2v) is 6.66.